The molecule has 3 rings (SSSR count). The Labute approximate surface area is 100 Å². The van der Waals surface area contributed by atoms with Crippen LogP contribution in [0.2, 0.25) is 0 Å². The molecule has 16 heavy (non-hydrogen) atoms. The molecule has 0 atom stereocenters. The van der Waals surface area contributed by atoms with Crippen molar-refractivity contribution in [1.29, 1.82) is 0 Å². The molecule has 1 saturated heterocycles. The molecule has 2 aliphatic heterocycles. The lowest BCUT2D eigenvalue weighted by Gasteiger charge is -2.29. The van der Waals surface area contributed by atoms with E-state index in [1.54, 1.807) is 0 Å². The van der Waals surface area contributed by atoms with Crippen LogP contribution < -0.4 is 10.6 Å². The molecule has 1 fully saturated rings. The third-order valence-electron chi connectivity index (χ3n) is 3.05. The van der Waals surface area contributed by atoms with Crippen molar-refractivity contribution < 1.29 is 0 Å². The van der Waals surface area contributed by atoms with Crippen molar-refractivity contribution in [2.75, 3.05) is 23.7 Å². The zero-order chi connectivity index (χ0) is 11.0. The van der Waals surface area contributed by atoms with Crippen molar-refractivity contribution >= 4 is 23.0 Å². The van der Waals surface area contributed by atoms with E-state index < -0.39 is 0 Å². The normalized spacial score (nSPS) is 19.2. The van der Waals surface area contributed by atoms with Gasteiger partial charge in [0, 0.05) is 13.1 Å². The number of rotatable bonds is 1. The number of benzene rings is 1. The Bertz CT molecular complexity index is 436. The Kier molecular flexibility index (Phi) is 2.40. The van der Waals surface area contributed by atoms with E-state index in [9.17, 15) is 0 Å². The van der Waals surface area contributed by atoms with E-state index in [0.717, 1.165) is 30.3 Å². The molecule has 0 saturated carbocycles. The summed E-state index contributed by atoms with van der Waals surface area (Å²) in [6.07, 6.45) is 2.49. The van der Waals surface area contributed by atoms with Gasteiger partial charge in [0.05, 0.1) is 11.4 Å². The Morgan fingerprint density at radius 3 is 2.31 bits per heavy atom. The van der Waals surface area contributed by atoms with E-state index >= 15 is 0 Å². The quantitative estimate of drug-likeness (QED) is 0.733. The van der Waals surface area contributed by atoms with Gasteiger partial charge in [-0.15, -0.1) is 0 Å². The summed E-state index contributed by atoms with van der Waals surface area (Å²) in [6, 6.07) is 8.10. The largest absolute Gasteiger partial charge is 0.356 e. The molecule has 1 aromatic rings. The zero-order valence-electron chi connectivity index (χ0n) is 8.96. The molecule has 3 nitrogen and oxygen atoms in total. The van der Waals surface area contributed by atoms with Crippen molar-refractivity contribution in [2.24, 2.45) is 0 Å². The van der Waals surface area contributed by atoms with E-state index in [4.69, 9.17) is 11.6 Å². The van der Waals surface area contributed by atoms with Crippen LogP contribution in [0.3, 0.4) is 0 Å². The summed E-state index contributed by atoms with van der Waals surface area (Å²) >= 11 is 6.25. The molecule has 0 unspecified atom stereocenters. The summed E-state index contributed by atoms with van der Waals surface area (Å²) in [5.41, 5.74) is 2.13. The Morgan fingerprint density at radius 1 is 1.00 bits per heavy atom. The van der Waals surface area contributed by atoms with Gasteiger partial charge in [-0.1, -0.05) is 23.7 Å². The van der Waals surface area contributed by atoms with E-state index in [2.05, 4.69) is 21.6 Å². The number of nitrogens with one attached hydrogen (secondary N) is 2. The lowest BCUT2D eigenvalue weighted by atomic mass is 10.2. The second-order valence-electron chi connectivity index (χ2n) is 4.15. The van der Waals surface area contributed by atoms with Crippen LogP contribution in [0, 0.1) is 0 Å². The molecule has 0 aliphatic carbocycles. The number of anilines is 2. The zero-order valence-corrected chi connectivity index (χ0v) is 9.72. The van der Waals surface area contributed by atoms with Gasteiger partial charge in [0.1, 0.15) is 11.0 Å². The third kappa shape index (κ3) is 1.61. The molecule has 0 bridgehead atoms. The summed E-state index contributed by atoms with van der Waals surface area (Å²) in [5, 5.41) is 7.32. The monoisotopic (exact) mass is 235 g/mol. The van der Waals surface area contributed by atoms with Gasteiger partial charge in [-0.05, 0) is 25.0 Å². The van der Waals surface area contributed by atoms with Gasteiger partial charge in [-0.25, -0.2) is 0 Å². The lowest BCUT2D eigenvalue weighted by molar-refractivity contribution is 0.429. The van der Waals surface area contributed by atoms with Crippen molar-refractivity contribution in [1.82, 2.24) is 4.90 Å². The van der Waals surface area contributed by atoms with Crippen LogP contribution in [0.15, 0.2) is 35.2 Å². The van der Waals surface area contributed by atoms with E-state index in [1.165, 1.54) is 12.8 Å². The first-order valence-corrected chi connectivity index (χ1v) is 6.00. The number of para-hydroxylation sites is 2. The Hall–Kier alpha value is -1.35. The highest BCUT2D eigenvalue weighted by Gasteiger charge is 2.22. The van der Waals surface area contributed by atoms with Crippen LogP contribution >= 0.6 is 11.6 Å². The van der Waals surface area contributed by atoms with Crippen molar-refractivity contribution in [2.45, 2.75) is 12.8 Å². The van der Waals surface area contributed by atoms with Crippen molar-refractivity contribution in [3.05, 3.63) is 35.2 Å². The van der Waals surface area contributed by atoms with Gasteiger partial charge < -0.3 is 15.5 Å². The first kappa shape index (κ1) is 9.85. The molecule has 0 aromatic heterocycles. The van der Waals surface area contributed by atoms with E-state index in [1.807, 2.05) is 18.2 Å². The van der Waals surface area contributed by atoms with E-state index in [-0.39, 0.29) is 0 Å². The standard InChI is InChI=1S/C12H14ClN3/c13-11-12(16-7-3-4-8-16)15-10-6-2-1-5-9(10)14-11/h1-2,5-6,14-15H,3-4,7-8H2. The van der Waals surface area contributed by atoms with Gasteiger partial charge in [-0.3, -0.25) is 0 Å². The SMILES string of the molecule is ClC1=C(N2CCCC2)Nc2ccccc2N1. The van der Waals surface area contributed by atoms with Gasteiger partial charge in [0.25, 0.3) is 0 Å². The molecule has 1 aromatic carbocycles. The number of likely N-dealkylation sites (tertiary alicyclic amines) is 1. The fourth-order valence-corrected chi connectivity index (χ4v) is 2.49. The highest BCUT2D eigenvalue weighted by atomic mass is 35.5. The van der Waals surface area contributed by atoms with Crippen LogP contribution in [0.5, 0.6) is 0 Å². The van der Waals surface area contributed by atoms with Crippen molar-refractivity contribution in [3.63, 3.8) is 0 Å². The predicted octanol–water partition coefficient (Wildman–Crippen LogP) is 2.99. The summed E-state index contributed by atoms with van der Waals surface area (Å²) in [5.74, 6) is 1.01. The van der Waals surface area contributed by atoms with Crippen LogP contribution in [-0.2, 0) is 0 Å². The number of hydrogen-bond donors (Lipinski definition) is 2. The number of hydrogen-bond acceptors (Lipinski definition) is 3. The molecular weight excluding hydrogens is 222 g/mol. The molecule has 2 N–H and O–H groups in total. The topological polar surface area (TPSA) is 27.3 Å². The van der Waals surface area contributed by atoms with Crippen LogP contribution in [0.25, 0.3) is 0 Å². The van der Waals surface area contributed by atoms with Gasteiger partial charge >= 0.3 is 0 Å². The summed E-state index contributed by atoms with van der Waals surface area (Å²) < 4.78 is 0. The smallest absolute Gasteiger partial charge is 0.147 e. The predicted molar refractivity (Wildman–Crippen MR) is 67.4 cm³/mol. The maximum absolute atomic E-state index is 6.25. The first-order chi connectivity index (χ1) is 7.84. The Morgan fingerprint density at radius 2 is 1.62 bits per heavy atom. The highest BCUT2D eigenvalue weighted by Crippen LogP contribution is 2.33. The maximum Gasteiger partial charge on any atom is 0.147 e. The minimum absolute atomic E-state index is 0.695. The fourth-order valence-electron chi connectivity index (χ4n) is 2.22. The molecule has 0 spiro atoms. The minimum atomic E-state index is 0.695. The molecule has 2 heterocycles. The molecule has 2 aliphatic rings. The molecule has 0 amide bonds. The molecule has 4 heteroatoms. The average molecular weight is 236 g/mol. The first-order valence-electron chi connectivity index (χ1n) is 5.62. The summed E-state index contributed by atoms with van der Waals surface area (Å²) in [4.78, 5) is 2.30. The van der Waals surface area contributed by atoms with Crippen LogP contribution in [-0.4, -0.2) is 18.0 Å². The average Bonchev–Trinajstić information content (AvgIpc) is 2.81. The van der Waals surface area contributed by atoms with Crippen LogP contribution in [0.4, 0.5) is 11.4 Å². The summed E-state index contributed by atoms with van der Waals surface area (Å²) in [7, 11) is 0. The molecule has 84 valence electrons. The van der Waals surface area contributed by atoms with Gasteiger partial charge in [0.15, 0.2) is 0 Å². The second kappa shape index (κ2) is 3.91. The second-order valence-corrected chi connectivity index (χ2v) is 4.53. The molecule has 0 radical (unpaired) electrons. The fraction of sp³-hybridized carbons (Fsp3) is 0.333. The van der Waals surface area contributed by atoms with Gasteiger partial charge in [0.2, 0.25) is 0 Å². The minimum Gasteiger partial charge on any atom is -0.356 e. The van der Waals surface area contributed by atoms with E-state index in [0.29, 0.717) is 5.16 Å². The third-order valence-corrected chi connectivity index (χ3v) is 3.33. The van der Waals surface area contributed by atoms with Crippen molar-refractivity contribution in [3.8, 4) is 0 Å². The highest BCUT2D eigenvalue weighted by molar-refractivity contribution is 6.31. The lowest BCUT2D eigenvalue weighted by Crippen LogP contribution is -2.28. The number of fused-ring (bicyclic) bond motifs is 1. The van der Waals surface area contributed by atoms with Gasteiger partial charge in [-0.2, -0.15) is 0 Å². The maximum atomic E-state index is 6.25. The number of halogens is 1. The van der Waals surface area contributed by atoms with Crippen LogP contribution in [0.1, 0.15) is 12.8 Å². The Balaban J connectivity index is 1.91. The summed E-state index contributed by atoms with van der Waals surface area (Å²) in [6.45, 7) is 2.17. The molecular formula is C12H14ClN3. The number of nitrogens with zero attached hydrogens (tertiary/aromatic N) is 1.